The van der Waals surface area contributed by atoms with Crippen LogP contribution in [0.25, 0.3) is 0 Å². The minimum atomic E-state index is -3.70. The lowest BCUT2D eigenvalue weighted by Crippen LogP contribution is -2.51. The van der Waals surface area contributed by atoms with Crippen LogP contribution < -0.4 is 10.1 Å². The maximum Gasteiger partial charge on any atom is 0.387 e. The second-order valence-electron chi connectivity index (χ2n) is 4.69. The molecule has 1 N–H and O–H groups in total. The standard InChI is InChI=1S/C12H15ClF2N2O3S/c1-8-7-17(5-4-16-8)21(18,19)9-2-3-11(10(13)6-9)20-12(14)15/h2-3,6,8,12,16H,4-5,7H2,1H3/t8-/m0/s1. The number of nitrogens with one attached hydrogen (secondary N) is 1. The quantitative estimate of drug-likeness (QED) is 0.910. The minimum absolute atomic E-state index is 0.0387. The maximum atomic E-state index is 12.5. The van der Waals surface area contributed by atoms with Gasteiger partial charge in [0.15, 0.2) is 0 Å². The van der Waals surface area contributed by atoms with Crippen molar-refractivity contribution in [1.82, 2.24) is 9.62 Å². The summed E-state index contributed by atoms with van der Waals surface area (Å²) in [6, 6.07) is 3.52. The Kier molecular flexibility index (Phi) is 5.03. The van der Waals surface area contributed by atoms with Crippen molar-refractivity contribution in [3.8, 4) is 5.75 Å². The van der Waals surface area contributed by atoms with E-state index in [0.717, 1.165) is 12.1 Å². The van der Waals surface area contributed by atoms with Gasteiger partial charge in [0.1, 0.15) is 5.75 Å². The average Bonchev–Trinajstić information content (AvgIpc) is 2.40. The molecule has 1 aliphatic rings. The Morgan fingerprint density at radius 3 is 2.76 bits per heavy atom. The molecular weight excluding hydrogens is 326 g/mol. The summed E-state index contributed by atoms with van der Waals surface area (Å²) in [5, 5.41) is 2.97. The first-order chi connectivity index (χ1) is 9.80. The number of rotatable bonds is 4. The lowest BCUT2D eigenvalue weighted by atomic mass is 10.3. The molecule has 1 aliphatic heterocycles. The first-order valence-electron chi connectivity index (χ1n) is 6.28. The molecule has 0 aromatic heterocycles. The van der Waals surface area contributed by atoms with Gasteiger partial charge in [-0.05, 0) is 25.1 Å². The highest BCUT2D eigenvalue weighted by Crippen LogP contribution is 2.30. The molecule has 9 heteroatoms. The topological polar surface area (TPSA) is 58.6 Å². The fraction of sp³-hybridized carbons (Fsp3) is 0.500. The van der Waals surface area contributed by atoms with Crippen molar-refractivity contribution in [2.24, 2.45) is 0 Å². The monoisotopic (exact) mass is 340 g/mol. The zero-order valence-corrected chi connectivity index (χ0v) is 12.8. The van der Waals surface area contributed by atoms with Gasteiger partial charge in [0.25, 0.3) is 0 Å². The molecule has 21 heavy (non-hydrogen) atoms. The van der Waals surface area contributed by atoms with Crippen molar-refractivity contribution in [1.29, 1.82) is 0 Å². The van der Waals surface area contributed by atoms with E-state index in [2.05, 4.69) is 10.1 Å². The van der Waals surface area contributed by atoms with E-state index in [-0.39, 0.29) is 21.7 Å². The van der Waals surface area contributed by atoms with E-state index in [1.807, 2.05) is 6.92 Å². The number of ether oxygens (including phenoxy) is 1. The fourth-order valence-corrected chi connectivity index (χ4v) is 3.94. The molecule has 0 amide bonds. The predicted octanol–water partition coefficient (Wildman–Crippen LogP) is 1.92. The molecule has 1 aromatic carbocycles. The number of hydrogen-bond acceptors (Lipinski definition) is 4. The number of benzene rings is 1. The summed E-state index contributed by atoms with van der Waals surface area (Å²) in [6.07, 6.45) is 0. The van der Waals surface area contributed by atoms with Gasteiger partial charge in [0, 0.05) is 25.7 Å². The largest absolute Gasteiger partial charge is 0.433 e. The van der Waals surface area contributed by atoms with Gasteiger partial charge in [-0.2, -0.15) is 13.1 Å². The Morgan fingerprint density at radius 1 is 1.48 bits per heavy atom. The van der Waals surface area contributed by atoms with E-state index in [0.29, 0.717) is 19.6 Å². The third-order valence-electron chi connectivity index (χ3n) is 3.09. The summed E-state index contributed by atoms with van der Waals surface area (Å²) in [7, 11) is -3.70. The van der Waals surface area contributed by atoms with Gasteiger partial charge in [-0.3, -0.25) is 0 Å². The van der Waals surface area contributed by atoms with Gasteiger partial charge in [0.2, 0.25) is 10.0 Å². The van der Waals surface area contributed by atoms with Crippen LogP contribution in [0.5, 0.6) is 5.75 Å². The summed E-state index contributed by atoms with van der Waals surface area (Å²) >= 11 is 5.79. The maximum absolute atomic E-state index is 12.5. The van der Waals surface area contributed by atoms with Crippen molar-refractivity contribution in [3.63, 3.8) is 0 Å². The third-order valence-corrected chi connectivity index (χ3v) is 5.25. The van der Waals surface area contributed by atoms with Crippen molar-refractivity contribution in [3.05, 3.63) is 23.2 Å². The Labute approximate surface area is 126 Å². The molecule has 0 radical (unpaired) electrons. The summed E-state index contributed by atoms with van der Waals surface area (Å²) in [4.78, 5) is -0.0387. The van der Waals surface area contributed by atoms with Crippen LogP contribution in [-0.4, -0.2) is 45.0 Å². The Hall–Kier alpha value is -0.960. The van der Waals surface area contributed by atoms with Crippen LogP contribution in [0.15, 0.2) is 23.1 Å². The average molecular weight is 341 g/mol. The Balaban J connectivity index is 2.26. The highest BCUT2D eigenvalue weighted by molar-refractivity contribution is 7.89. The van der Waals surface area contributed by atoms with Crippen LogP contribution in [0, 0.1) is 0 Å². The first-order valence-corrected chi connectivity index (χ1v) is 8.10. The highest BCUT2D eigenvalue weighted by atomic mass is 35.5. The SMILES string of the molecule is C[C@H]1CN(S(=O)(=O)c2ccc(OC(F)F)c(Cl)c2)CCN1. The van der Waals surface area contributed by atoms with Crippen LogP contribution >= 0.6 is 11.6 Å². The van der Waals surface area contributed by atoms with Gasteiger partial charge in [-0.1, -0.05) is 11.6 Å². The Morgan fingerprint density at radius 2 is 2.19 bits per heavy atom. The number of alkyl halides is 2. The molecule has 118 valence electrons. The van der Waals surface area contributed by atoms with Gasteiger partial charge in [-0.25, -0.2) is 8.42 Å². The van der Waals surface area contributed by atoms with Crippen LogP contribution in [0.1, 0.15) is 6.92 Å². The van der Waals surface area contributed by atoms with E-state index in [1.165, 1.54) is 10.4 Å². The number of piperazine rings is 1. The Bertz CT molecular complexity index is 613. The molecule has 0 aliphatic carbocycles. The fourth-order valence-electron chi connectivity index (χ4n) is 2.10. The van der Waals surface area contributed by atoms with Crippen LogP contribution in [0.4, 0.5) is 8.78 Å². The zero-order valence-electron chi connectivity index (χ0n) is 11.2. The van der Waals surface area contributed by atoms with E-state index in [9.17, 15) is 17.2 Å². The molecule has 1 aromatic rings. The zero-order chi connectivity index (χ0) is 15.6. The molecule has 0 unspecified atom stereocenters. The van der Waals surface area contributed by atoms with E-state index >= 15 is 0 Å². The van der Waals surface area contributed by atoms with Crippen molar-refractivity contribution in [2.75, 3.05) is 19.6 Å². The molecule has 1 fully saturated rings. The van der Waals surface area contributed by atoms with Crippen LogP contribution in [0.3, 0.4) is 0 Å². The van der Waals surface area contributed by atoms with E-state index < -0.39 is 16.6 Å². The summed E-state index contributed by atoms with van der Waals surface area (Å²) in [6.45, 7) is 0.114. The molecule has 0 bridgehead atoms. The molecule has 1 saturated heterocycles. The number of hydrogen-bond donors (Lipinski definition) is 1. The summed E-state index contributed by atoms with van der Waals surface area (Å²) in [5.74, 6) is -0.251. The van der Waals surface area contributed by atoms with Gasteiger partial charge >= 0.3 is 6.61 Å². The lowest BCUT2D eigenvalue weighted by Gasteiger charge is -2.31. The molecule has 1 atom stereocenters. The normalized spacial score (nSPS) is 20.7. The van der Waals surface area contributed by atoms with Crippen molar-refractivity contribution < 1.29 is 21.9 Å². The molecule has 0 saturated carbocycles. The van der Waals surface area contributed by atoms with Crippen molar-refractivity contribution >= 4 is 21.6 Å². The highest BCUT2D eigenvalue weighted by Gasteiger charge is 2.29. The van der Waals surface area contributed by atoms with Gasteiger partial charge in [0.05, 0.1) is 9.92 Å². The van der Waals surface area contributed by atoms with E-state index in [1.54, 1.807) is 0 Å². The van der Waals surface area contributed by atoms with Crippen molar-refractivity contribution in [2.45, 2.75) is 24.5 Å². The molecule has 5 nitrogen and oxygen atoms in total. The third kappa shape index (κ3) is 3.82. The van der Waals surface area contributed by atoms with Gasteiger partial charge in [-0.15, -0.1) is 0 Å². The second kappa shape index (κ2) is 6.43. The smallest absolute Gasteiger partial charge is 0.387 e. The molecule has 1 heterocycles. The number of halogens is 3. The predicted molar refractivity (Wildman–Crippen MR) is 74.3 cm³/mol. The second-order valence-corrected chi connectivity index (χ2v) is 7.03. The summed E-state index contributed by atoms with van der Waals surface area (Å²) in [5.41, 5.74) is 0. The van der Waals surface area contributed by atoms with Crippen LogP contribution in [-0.2, 0) is 10.0 Å². The number of sulfonamides is 1. The minimum Gasteiger partial charge on any atom is -0.433 e. The number of nitrogens with zero attached hydrogens (tertiary/aromatic N) is 1. The summed E-state index contributed by atoms with van der Waals surface area (Å²) < 4.78 is 54.8. The lowest BCUT2D eigenvalue weighted by molar-refractivity contribution is -0.0498. The van der Waals surface area contributed by atoms with E-state index in [4.69, 9.17) is 11.6 Å². The molecule has 0 spiro atoms. The molecular formula is C12H15ClF2N2O3S. The first kappa shape index (κ1) is 16.4. The van der Waals surface area contributed by atoms with Crippen LogP contribution in [0.2, 0.25) is 5.02 Å². The molecule has 2 rings (SSSR count). The van der Waals surface area contributed by atoms with Gasteiger partial charge < -0.3 is 10.1 Å².